The quantitative estimate of drug-likeness (QED) is 0.740. The Labute approximate surface area is 140 Å². The number of morpholine rings is 1. The summed E-state index contributed by atoms with van der Waals surface area (Å²) in [6.07, 6.45) is -0.444. The first-order valence-electron chi connectivity index (χ1n) is 7.47. The number of hydrogen-bond acceptors (Lipinski definition) is 5. The van der Waals surface area contributed by atoms with Crippen LogP contribution in [-0.4, -0.2) is 62.6 Å². The number of nitrogens with zero attached hydrogens (tertiary/aromatic N) is 1. The van der Waals surface area contributed by atoms with Crippen LogP contribution in [0, 0.1) is 6.92 Å². The van der Waals surface area contributed by atoms with Gasteiger partial charge >= 0.3 is 5.97 Å². The van der Waals surface area contributed by atoms with E-state index in [1.54, 1.807) is 12.1 Å². The fourth-order valence-electron chi connectivity index (χ4n) is 2.27. The van der Waals surface area contributed by atoms with Gasteiger partial charge in [-0.1, -0.05) is 17.7 Å². The molecule has 0 radical (unpaired) electrons. The van der Waals surface area contributed by atoms with Crippen LogP contribution in [0.5, 0.6) is 0 Å². The molecule has 0 bridgehead atoms. The van der Waals surface area contributed by atoms with Crippen molar-refractivity contribution in [3.63, 3.8) is 0 Å². The van der Waals surface area contributed by atoms with E-state index in [9.17, 15) is 23.1 Å². The highest BCUT2D eigenvalue weighted by atomic mass is 32.2. The lowest BCUT2D eigenvalue weighted by molar-refractivity contribution is -0.144. The van der Waals surface area contributed by atoms with Crippen molar-refractivity contribution in [2.24, 2.45) is 0 Å². The van der Waals surface area contributed by atoms with Crippen molar-refractivity contribution in [2.75, 3.05) is 26.3 Å². The second kappa shape index (κ2) is 7.73. The summed E-state index contributed by atoms with van der Waals surface area (Å²) in [5.74, 6) is -1.82. The third kappa shape index (κ3) is 4.76. The highest BCUT2D eigenvalue weighted by molar-refractivity contribution is 7.89. The number of carbonyl (C=O) groups excluding carboxylic acids is 1. The first-order chi connectivity index (χ1) is 11.3. The molecule has 0 aromatic heterocycles. The topological polar surface area (TPSA) is 113 Å². The first kappa shape index (κ1) is 18.4. The molecule has 132 valence electrons. The molecule has 1 aromatic carbocycles. The van der Waals surface area contributed by atoms with E-state index in [1.165, 1.54) is 17.0 Å². The van der Waals surface area contributed by atoms with Gasteiger partial charge in [0, 0.05) is 13.1 Å². The number of ether oxygens (including phenoxy) is 1. The van der Waals surface area contributed by atoms with Crippen LogP contribution < -0.4 is 4.72 Å². The standard InChI is InChI=1S/C15H20N2O6S/c1-11-2-4-12(5-3-11)24(21,22)16-13(15(19)20)10-14(18)17-6-8-23-9-7-17/h2-5,13,16H,6-10H2,1H3,(H,19,20)/t13-/m1/s1. The number of rotatable bonds is 6. The number of aliphatic carboxylic acids is 1. The van der Waals surface area contributed by atoms with E-state index >= 15 is 0 Å². The summed E-state index contributed by atoms with van der Waals surface area (Å²) in [6, 6.07) is 4.49. The number of aryl methyl sites for hydroxylation is 1. The Balaban J connectivity index is 2.08. The molecule has 2 N–H and O–H groups in total. The Morgan fingerprint density at radius 3 is 2.38 bits per heavy atom. The summed E-state index contributed by atoms with van der Waals surface area (Å²) >= 11 is 0. The van der Waals surface area contributed by atoms with Crippen molar-refractivity contribution in [2.45, 2.75) is 24.3 Å². The van der Waals surface area contributed by atoms with Crippen LogP contribution >= 0.6 is 0 Å². The third-order valence-corrected chi connectivity index (χ3v) is 5.16. The number of amides is 1. The van der Waals surface area contributed by atoms with E-state index in [0.29, 0.717) is 26.3 Å². The van der Waals surface area contributed by atoms with Crippen molar-refractivity contribution in [1.29, 1.82) is 0 Å². The van der Waals surface area contributed by atoms with Crippen LogP contribution in [0.25, 0.3) is 0 Å². The van der Waals surface area contributed by atoms with E-state index in [2.05, 4.69) is 4.72 Å². The largest absolute Gasteiger partial charge is 0.480 e. The molecule has 1 amide bonds. The molecule has 0 spiro atoms. The average molecular weight is 356 g/mol. The van der Waals surface area contributed by atoms with Gasteiger partial charge in [-0.3, -0.25) is 9.59 Å². The monoisotopic (exact) mass is 356 g/mol. The second-order valence-electron chi connectivity index (χ2n) is 5.52. The Kier molecular flexibility index (Phi) is 5.92. The van der Waals surface area contributed by atoms with Gasteiger partial charge in [-0.05, 0) is 19.1 Å². The molecule has 0 aliphatic carbocycles. The minimum absolute atomic E-state index is 0.0434. The number of nitrogens with one attached hydrogen (secondary N) is 1. The van der Waals surface area contributed by atoms with Crippen LogP contribution in [-0.2, 0) is 24.3 Å². The van der Waals surface area contributed by atoms with Crippen LogP contribution in [0.4, 0.5) is 0 Å². The highest BCUT2D eigenvalue weighted by Gasteiger charge is 2.29. The molecule has 1 aliphatic heterocycles. The minimum atomic E-state index is -4.02. The lowest BCUT2D eigenvalue weighted by atomic mass is 10.2. The first-order valence-corrected chi connectivity index (χ1v) is 8.95. The molecular weight excluding hydrogens is 336 g/mol. The van der Waals surface area contributed by atoms with Gasteiger partial charge in [-0.15, -0.1) is 0 Å². The second-order valence-corrected chi connectivity index (χ2v) is 7.24. The van der Waals surface area contributed by atoms with Gasteiger partial charge in [0.15, 0.2) is 0 Å². The third-order valence-electron chi connectivity index (χ3n) is 3.67. The van der Waals surface area contributed by atoms with Crippen molar-refractivity contribution in [3.05, 3.63) is 29.8 Å². The zero-order valence-corrected chi connectivity index (χ0v) is 14.1. The number of sulfonamides is 1. The summed E-state index contributed by atoms with van der Waals surface area (Å²) < 4.78 is 31.8. The maximum Gasteiger partial charge on any atom is 0.322 e. The molecule has 1 atom stereocenters. The Bertz CT molecular complexity index is 695. The predicted octanol–water partition coefficient (Wildman–Crippen LogP) is -0.0246. The molecule has 0 unspecified atom stereocenters. The molecule has 24 heavy (non-hydrogen) atoms. The van der Waals surface area contributed by atoms with E-state index in [-0.39, 0.29) is 4.90 Å². The van der Waals surface area contributed by atoms with Gasteiger partial charge < -0.3 is 14.7 Å². The number of carboxylic acid groups (broad SMARTS) is 1. The number of hydrogen-bond donors (Lipinski definition) is 2. The Morgan fingerprint density at radius 2 is 1.83 bits per heavy atom. The molecule has 1 fully saturated rings. The summed E-state index contributed by atoms with van der Waals surface area (Å²) in [5.41, 5.74) is 0.881. The van der Waals surface area contributed by atoms with Gasteiger partial charge in [-0.25, -0.2) is 8.42 Å². The normalized spacial score (nSPS) is 16.6. The number of carbonyl (C=O) groups is 2. The molecule has 1 aliphatic rings. The van der Waals surface area contributed by atoms with Crippen molar-refractivity contribution >= 4 is 21.9 Å². The minimum Gasteiger partial charge on any atom is -0.480 e. The Morgan fingerprint density at radius 1 is 1.25 bits per heavy atom. The van der Waals surface area contributed by atoms with Gasteiger partial charge in [-0.2, -0.15) is 4.72 Å². The van der Waals surface area contributed by atoms with E-state index in [0.717, 1.165) is 5.56 Å². The Hall–Kier alpha value is -1.97. The van der Waals surface area contributed by atoms with Crippen LogP contribution in [0.3, 0.4) is 0 Å². The molecular formula is C15H20N2O6S. The zero-order valence-electron chi connectivity index (χ0n) is 13.3. The summed E-state index contributed by atoms with van der Waals surface area (Å²) in [6.45, 7) is 3.33. The lowest BCUT2D eigenvalue weighted by Gasteiger charge is -2.28. The van der Waals surface area contributed by atoms with Gasteiger partial charge in [0.2, 0.25) is 15.9 Å². The fourth-order valence-corrected chi connectivity index (χ4v) is 3.46. The molecule has 9 heteroatoms. The SMILES string of the molecule is Cc1ccc(S(=O)(=O)N[C@H](CC(=O)N2CCOCC2)C(=O)O)cc1. The summed E-state index contributed by atoms with van der Waals surface area (Å²) in [7, 11) is -4.02. The maximum absolute atomic E-state index is 12.3. The molecule has 1 heterocycles. The molecule has 1 aromatic rings. The lowest BCUT2D eigenvalue weighted by Crippen LogP contribution is -2.47. The van der Waals surface area contributed by atoms with Crippen molar-refractivity contribution in [3.8, 4) is 0 Å². The molecule has 0 saturated carbocycles. The van der Waals surface area contributed by atoms with Crippen LogP contribution in [0.2, 0.25) is 0 Å². The number of carboxylic acids is 1. The maximum atomic E-state index is 12.3. The molecule has 8 nitrogen and oxygen atoms in total. The van der Waals surface area contributed by atoms with Crippen molar-refractivity contribution in [1.82, 2.24) is 9.62 Å². The molecule has 2 rings (SSSR count). The van der Waals surface area contributed by atoms with Gasteiger partial charge in [0.25, 0.3) is 0 Å². The smallest absolute Gasteiger partial charge is 0.322 e. The van der Waals surface area contributed by atoms with E-state index in [1.807, 2.05) is 6.92 Å². The number of benzene rings is 1. The summed E-state index contributed by atoms with van der Waals surface area (Å²) in [4.78, 5) is 24.9. The highest BCUT2D eigenvalue weighted by Crippen LogP contribution is 2.12. The van der Waals surface area contributed by atoms with Gasteiger partial charge in [0.1, 0.15) is 6.04 Å². The van der Waals surface area contributed by atoms with E-state index < -0.39 is 34.4 Å². The van der Waals surface area contributed by atoms with Gasteiger partial charge in [0.05, 0.1) is 24.5 Å². The average Bonchev–Trinajstić information content (AvgIpc) is 2.55. The van der Waals surface area contributed by atoms with Crippen LogP contribution in [0.1, 0.15) is 12.0 Å². The van der Waals surface area contributed by atoms with Crippen LogP contribution in [0.15, 0.2) is 29.2 Å². The van der Waals surface area contributed by atoms with E-state index in [4.69, 9.17) is 4.74 Å². The zero-order chi connectivity index (χ0) is 17.7. The fraction of sp³-hybridized carbons (Fsp3) is 0.467. The molecule has 1 saturated heterocycles. The van der Waals surface area contributed by atoms with Crippen molar-refractivity contribution < 1.29 is 27.9 Å². The summed E-state index contributed by atoms with van der Waals surface area (Å²) in [5, 5.41) is 9.25. The predicted molar refractivity (Wildman–Crippen MR) is 84.9 cm³/mol.